The monoisotopic (exact) mass is 361 g/mol. The maximum absolute atomic E-state index is 11.9. The van der Waals surface area contributed by atoms with Gasteiger partial charge in [-0.15, -0.1) is 0 Å². The van der Waals surface area contributed by atoms with Gasteiger partial charge in [0.2, 0.25) is 0 Å². The first-order valence-electron chi connectivity index (χ1n) is 8.12. The number of nitro benzene ring substituents is 1. The van der Waals surface area contributed by atoms with Gasteiger partial charge in [-0.2, -0.15) is 0 Å². The summed E-state index contributed by atoms with van der Waals surface area (Å²) in [6.45, 7) is 3.75. The quantitative estimate of drug-likeness (QED) is 0.650. The number of carboxylic acids is 1. The number of amidine groups is 1. The van der Waals surface area contributed by atoms with Gasteiger partial charge < -0.3 is 10.0 Å². The molecule has 0 spiro atoms. The predicted octanol–water partition coefficient (Wildman–Crippen LogP) is 3.58. The number of carbonyl (C=O) groups is 1. The van der Waals surface area contributed by atoms with E-state index in [2.05, 4.69) is 11.9 Å². The number of nitro groups is 1. The Labute approximate surface area is 149 Å². The van der Waals surface area contributed by atoms with Crippen LogP contribution in [-0.2, 0) is 4.79 Å². The Morgan fingerprint density at radius 3 is 2.92 bits per heavy atom. The first-order valence-corrected chi connectivity index (χ1v) is 9.10. The summed E-state index contributed by atoms with van der Waals surface area (Å²) in [7, 11) is 0. The largest absolute Gasteiger partial charge is 0.478 e. The van der Waals surface area contributed by atoms with E-state index in [1.807, 2.05) is 4.90 Å². The highest BCUT2D eigenvalue weighted by atomic mass is 32.2. The van der Waals surface area contributed by atoms with Crippen molar-refractivity contribution in [2.24, 2.45) is 4.99 Å². The molecule has 0 saturated carbocycles. The number of carboxylic acid groups (broad SMARTS) is 1. The maximum atomic E-state index is 11.9. The molecule has 1 aromatic rings. The van der Waals surface area contributed by atoms with Crippen LogP contribution in [0.5, 0.6) is 0 Å². The van der Waals surface area contributed by atoms with E-state index in [9.17, 15) is 20.0 Å². The normalized spacial score (nSPS) is 23.1. The number of aliphatic carboxylic acids is 1. The van der Waals surface area contributed by atoms with Crippen LogP contribution in [0.2, 0.25) is 0 Å². The second-order valence-electron chi connectivity index (χ2n) is 6.06. The van der Waals surface area contributed by atoms with Crippen LogP contribution in [0.1, 0.15) is 38.3 Å². The third-order valence-corrected chi connectivity index (χ3v) is 5.60. The molecule has 1 N–H and O–H groups in total. The molecule has 8 heteroatoms. The highest BCUT2D eigenvalue weighted by Crippen LogP contribution is 2.42. The number of allylic oxidation sites excluding steroid dienone is 1. The van der Waals surface area contributed by atoms with Crippen LogP contribution in [-0.4, -0.2) is 37.9 Å². The van der Waals surface area contributed by atoms with Crippen molar-refractivity contribution in [1.29, 1.82) is 0 Å². The number of hydrogen-bond acceptors (Lipinski definition) is 6. The molecule has 2 atom stereocenters. The van der Waals surface area contributed by atoms with Gasteiger partial charge in [0.05, 0.1) is 22.2 Å². The molecule has 2 aliphatic rings. The van der Waals surface area contributed by atoms with Gasteiger partial charge in [0.25, 0.3) is 5.69 Å². The summed E-state index contributed by atoms with van der Waals surface area (Å²) in [5, 5.41) is 21.7. The summed E-state index contributed by atoms with van der Waals surface area (Å²) < 4.78 is 0. The number of hydrogen-bond donors (Lipinski definition) is 1. The molecule has 25 heavy (non-hydrogen) atoms. The SMILES string of the molecule is CCC1CCSC2=NC(C)=C(C(=O)O)C(c3cccc([N+](=O)[O-])c3)N21. The van der Waals surface area contributed by atoms with Crippen LogP contribution < -0.4 is 0 Å². The summed E-state index contributed by atoms with van der Waals surface area (Å²) in [5.74, 6) is -0.104. The lowest BCUT2D eigenvalue weighted by molar-refractivity contribution is -0.384. The molecule has 3 rings (SSSR count). The number of aliphatic imine (C=N–C) groups is 1. The summed E-state index contributed by atoms with van der Waals surface area (Å²) in [6.07, 6.45) is 1.79. The van der Waals surface area contributed by atoms with Crippen molar-refractivity contribution in [3.63, 3.8) is 0 Å². The molecular formula is C17H19N3O4S. The van der Waals surface area contributed by atoms with Gasteiger partial charge in [0.15, 0.2) is 5.17 Å². The first-order chi connectivity index (χ1) is 11.9. The van der Waals surface area contributed by atoms with Crippen molar-refractivity contribution in [3.05, 3.63) is 51.2 Å². The second-order valence-corrected chi connectivity index (χ2v) is 7.12. The van der Waals surface area contributed by atoms with E-state index in [-0.39, 0.29) is 17.3 Å². The minimum atomic E-state index is -1.04. The Balaban J connectivity index is 2.18. The Morgan fingerprint density at radius 2 is 2.28 bits per heavy atom. The highest BCUT2D eigenvalue weighted by molar-refractivity contribution is 8.13. The van der Waals surface area contributed by atoms with E-state index in [1.165, 1.54) is 12.1 Å². The number of non-ortho nitro benzene ring substituents is 1. The molecule has 2 aliphatic heterocycles. The van der Waals surface area contributed by atoms with Gasteiger partial charge in [0, 0.05) is 23.9 Å². The number of rotatable bonds is 4. The fourth-order valence-electron chi connectivity index (χ4n) is 3.42. The molecule has 0 amide bonds. The van der Waals surface area contributed by atoms with Crippen LogP contribution in [0.4, 0.5) is 5.69 Å². The van der Waals surface area contributed by atoms with Crippen LogP contribution >= 0.6 is 11.8 Å². The van der Waals surface area contributed by atoms with E-state index in [0.717, 1.165) is 23.8 Å². The van der Waals surface area contributed by atoms with Crippen LogP contribution in [0.15, 0.2) is 40.5 Å². The summed E-state index contributed by atoms with van der Waals surface area (Å²) in [4.78, 5) is 29.2. The van der Waals surface area contributed by atoms with Crippen molar-refractivity contribution >= 4 is 28.6 Å². The predicted molar refractivity (Wildman–Crippen MR) is 96.6 cm³/mol. The van der Waals surface area contributed by atoms with Crippen LogP contribution in [0.3, 0.4) is 0 Å². The summed E-state index contributed by atoms with van der Waals surface area (Å²) in [5.41, 5.74) is 1.21. The lowest BCUT2D eigenvalue weighted by atomic mass is 9.92. The topological polar surface area (TPSA) is 96.0 Å². The molecule has 1 aromatic carbocycles. The van der Waals surface area contributed by atoms with Crippen molar-refractivity contribution in [2.45, 2.75) is 38.8 Å². The molecule has 0 aliphatic carbocycles. The van der Waals surface area contributed by atoms with Gasteiger partial charge >= 0.3 is 5.97 Å². The fourth-order valence-corrected chi connectivity index (χ4v) is 4.59. The lowest BCUT2D eigenvalue weighted by Gasteiger charge is -2.45. The molecule has 2 unspecified atom stereocenters. The van der Waals surface area contributed by atoms with E-state index in [1.54, 1.807) is 30.8 Å². The number of thioether (sulfide) groups is 1. The minimum Gasteiger partial charge on any atom is -0.478 e. The maximum Gasteiger partial charge on any atom is 0.335 e. The third-order valence-electron chi connectivity index (χ3n) is 4.60. The zero-order chi connectivity index (χ0) is 18.1. The van der Waals surface area contributed by atoms with Crippen molar-refractivity contribution in [1.82, 2.24) is 4.90 Å². The van der Waals surface area contributed by atoms with Crippen molar-refractivity contribution in [2.75, 3.05) is 5.75 Å². The number of benzene rings is 1. The van der Waals surface area contributed by atoms with E-state index in [0.29, 0.717) is 11.3 Å². The first kappa shape index (κ1) is 17.5. The summed E-state index contributed by atoms with van der Waals surface area (Å²) in [6, 6.07) is 5.83. The molecular weight excluding hydrogens is 342 g/mol. The fraction of sp³-hybridized carbons (Fsp3) is 0.412. The Bertz CT molecular complexity index is 790. The third kappa shape index (κ3) is 3.13. The molecule has 132 valence electrons. The molecule has 0 bridgehead atoms. The molecule has 2 heterocycles. The molecule has 1 fully saturated rings. The molecule has 7 nitrogen and oxygen atoms in total. The zero-order valence-corrected chi connectivity index (χ0v) is 14.8. The van der Waals surface area contributed by atoms with Gasteiger partial charge in [-0.1, -0.05) is 30.8 Å². The van der Waals surface area contributed by atoms with Gasteiger partial charge in [-0.05, 0) is 25.3 Å². The standard InChI is InChI=1S/C17H19N3O4S/c1-3-12-7-8-25-17-18-10(2)14(16(21)22)15(19(12)17)11-5-4-6-13(9-11)20(23)24/h4-6,9,12,15H,3,7-8H2,1-2H3,(H,21,22). The molecule has 0 aromatic heterocycles. The second kappa shape index (κ2) is 6.87. The van der Waals surface area contributed by atoms with Crippen LogP contribution in [0, 0.1) is 10.1 Å². The van der Waals surface area contributed by atoms with Crippen molar-refractivity contribution < 1.29 is 14.8 Å². The Morgan fingerprint density at radius 1 is 1.52 bits per heavy atom. The lowest BCUT2D eigenvalue weighted by Crippen LogP contribution is -2.48. The number of fused-ring (bicyclic) bond motifs is 1. The molecule has 0 radical (unpaired) electrons. The summed E-state index contributed by atoms with van der Waals surface area (Å²) >= 11 is 1.61. The van der Waals surface area contributed by atoms with Crippen LogP contribution in [0.25, 0.3) is 0 Å². The van der Waals surface area contributed by atoms with E-state index in [4.69, 9.17) is 0 Å². The van der Waals surface area contributed by atoms with Gasteiger partial charge in [-0.3, -0.25) is 10.1 Å². The zero-order valence-electron chi connectivity index (χ0n) is 14.0. The van der Waals surface area contributed by atoms with Gasteiger partial charge in [-0.25, -0.2) is 9.79 Å². The average Bonchev–Trinajstić information content (AvgIpc) is 2.59. The molecule has 1 saturated heterocycles. The van der Waals surface area contributed by atoms with Crippen molar-refractivity contribution in [3.8, 4) is 0 Å². The van der Waals surface area contributed by atoms with E-state index < -0.39 is 16.9 Å². The Kier molecular flexibility index (Phi) is 4.80. The minimum absolute atomic E-state index is 0.0401. The van der Waals surface area contributed by atoms with E-state index >= 15 is 0 Å². The smallest absolute Gasteiger partial charge is 0.335 e. The Hall–Kier alpha value is -2.35. The highest BCUT2D eigenvalue weighted by Gasteiger charge is 2.41. The average molecular weight is 361 g/mol. The van der Waals surface area contributed by atoms with Gasteiger partial charge in [0.1, 0.15) is 0 Å². The number of nitrogens with zero attached hydrogens (tertiary/aromatic N) is 3.